The summed E-state index contributed by atoms with van der Waals surface area (Å²) in [6.45, 7) is 0.768. The van der Waals surface area contributed by atoms with E-state index in [1.165, 1.54) is 0 Å². The number of likely N-dealkylation sites (N-methyl/N-ethyl adjacent to an activating group) is 1. The van der Waals surface area contributed by atoms with E-state index >= 15 is 0 Å². The van der Waals surface area contributed by atoms with Crippen LogP contribution in [0.25, 0.3) is 0 Å². The molecule has 0 unspecified atom stereocenters. The van der Waals surface area contributed by atoms with E-state index in [0.29, 0.717) is 6.42 Å². The number of alkyl halides is 1. The van der Waals surface area contributed by atoms with E-state index in [4.69, 9.17) is 0 Å². The molecule has 0 saturated heterocycles. The molecule has 0 aliphatic heterocycles. The molecule has 0 spiro atoms. The minimum atomic E-state index is 0.182. The number of halogens is 1. The number of hydrogen-bond donors (Lipinski definition) is 0. The number of amides is 1. The van der Waals surface area contributed by atoms with E-state index < -0.39 is 0 Å². The fourth-order valence-corrected chi connectivity index (χ4v) is 2.18. The Hall–Kier alpha value is -0.350. The molecule has 0 bridgehead atoms. The second-order valence-electron chi connectivity index (χ2n) is 2.76. The van der Waals surface area contributed by atoms with Crippen LogP contribution in [0.4, 0.5) is 0 Å². The molecule has 0 aliphatic rings. The molecular formula is C9H12BrNOS. The average molecular weight is 262 g/mol. The molecule has 1 aromatic rings. The van der Waals surface area contributed by atoms with Gasteiger partial charge in [-0.25, -0.2) is 0 Å². The predicted octanol–water partition coefficient (Wildman–Crippen LogP) is 2.14. The molecule has 1 heterocycles. The van der Waals surface area contributed by atoms with Crippen LogP contribution in [0.2, 0.25) is 0 Å². The summed E-state index contributed by atoms with van der Waals surface area (Å²) in [5.41, 5.74) is 0. The van der Waals surface area contributed by atoms with Gasteiger partial charge in [-0.3, -0.25) is 4.79 Å². The minimum Gasteiger partial charge on any atom is -0.345 e. The highest BCUT2D eigenvalue weighted by Crippen LogP contribution is 2.10. The van der Waals surface area contributed by atoms with Crippen LogP contribution in [-0.2, 0) is 11.2 Å². The molecule has 0 saturated carbocycles. The van der Waals surface area contributed by atoms with Gasteiger partial charge in [-0.2, -0.15) is 0 Å². The van der Waals surface area contributed by atoms with Crippen molar-refractivity contribution in [1.82, 2.24) is 4.90 Å². The van der Waals surface area contributed by atoms with Gasteiger partial charge in [0.15, 0.2) is 0 Å². The van der Waals surface area contributed by atoms with Gasteiger partial charge in [0.2, 0.25) is 5.91 Å². The van der Waals surface area contributed by atoms with Crippen molar-refractivity contribution < 1.29 is 4.79 Å². The fraction of sp³-hybridized carbons (Fsp3) is 0.444. The van der Waals surface area contributed by atoms with Crippen molar-refractivity contribution in [3.05, 3.63) is 22.4 Å². The Kier molecular flexibility index (Phi) is 4.45. The zero-order chi connectivity index (χ0) is 9.68. The van der Waals surface area contributed by atoms with Gasteiger partial charge in [-0.05, 0) is 11.4 Å². The molecule has 0 fully saturated rings. The van der Waals surface area contributed by atoms with Gasteiger partial charge < -0.3 is 4.90 Å². The second-order valence-corrected chi connectivity index (χ2v) is 4.59. The molecule has 1 amide bonds. The number of carbonyl (C=O) groups excluding carboxylic acids is 1. The van der Waals surface area contributed by atoms with Crippen molar-refractivity contribution in [2.75, 3.05) is 18.9 Å². The first-order valence-corrected chi connectivity index (χ1v) is 6.06. The van der Waals surface area contributed by atoms with Crippen LogP contribution < -0.4 is 0 Å². The van der Waals surface area contributed by atoms with Crippen LogP contribution in [0.5, 0.6) is 0 Å². The summed E-state index contributed by atoms with van der Waals surface area (Å²) in [5.74, 6) is 0.182. The van der Waals surface area contributed by atoms with E-state index in [-0.39, 0.29) is 5.91 Å². The van der Waals surface area contributed by atoms with Crippen molar-refractivity contribution in [3.63, 3.8) is 0 Å². The van der Waals surface area contributed by atoms with E-state index in [2.05, 4.69) is 15.9 Å². The molecule has 0 aliphatic carbocycles. The minimum absolute atomic E-state index is 0.182. The summed E-state index contributed by atoms with van der Waals surface area (Å²) in [6.07, 6.45) is 0.529. The van der Waals surface area contributed by atoms with Crippen LogP contribution >= 0.6 is 27.3 Å². The lowest BCUT2D eigenvalue weighted by atomic mass is 10.3. The smallest absolute Gasteiger partial charge is 0.227 e. The lowest BCUT2D eigenvalue weighted by Crippen LogP contribution is -2.29. The summed E-state index contributed by atoms with van der Waals surface area (Å²) < 4.78 is 0. The highest BCUT2D eigenvalue weighted by molar-refractivity contribution is 9.09. The predicted molar refractivity (Wildman–Crippen MR) is 59.5 cm³/mol. The summed E-state index contributed by atoms with van der Waals surface area (Å²) in [6, 6.07) is 3.96. The Bertz CT molecular complexity index is 261. The SMILES string of the molecule is CN(CCBr)C(=O)Cc1cccs1. The van der Waals surface area contributed by atoms with Crippen molar-refractivity contribution in [2.24, 2.45) is 0 Å². The maximum Gasteiger partial charge on any atom is 0.227 e. The Morgan fingerprint density at radius 1 is 1.69 bits per heavy atom. The van der Waals surface area contributed by atoms with Gasteiger partial charge in [0.25, 0.3) is 0 Å². The summed E-state index contributed by atoms with van der Waals surface area (Å²) in [7, 11) is 1.83. The summed E-state index contributed by atoms with van der Waals surface area (Å²) in [5, 5.41) is 2.83. The van der Waals surface area contributed by atoms with E-state index in [1.54, 1.807) is 16.2 Å². The molecule has 72 valence electrons. The largest absolute Gasteiger partial charge is 0.345 e. The molecular weight excluding hydrogens is 250 g/mol. The molecule has 0 radical (unpaired) electrons. The van der Waals surface area contributed by atoms with Crippen LogP contribution in [0.15, 0.2) is 17.5 Å². The molecule has 13 heavy (non-hydrogen) atoms. The van der Waals surface area contributed by atoms with Crippen molar-refractivity contribution in [3.8, 4) is 0 Å². The molecule has 0 atom stereocenters. The van der Waals surface area contributed by atoms with Gasteiger partial charge in [0.1, 0.15) is 0 Å². The lowest BCUT2D eigenvalue weighted by Gasteiger charge is -2.14. The molecule has 0 N–H and O–H groups in total. The zero-order valence-electron chi connectivity index (χ0n) is 7.50. The number of nitrogens with zero attached hydrogens (tertiary/aromatic N) is 1. The standard InChI is InChI=1S/C9H12BrNOS/c1-11(5-4-10)9(12)7-8-3-2-6-13-8/h2-3,6H,4-5,7H2,1H3. The monoisotopic (exact) mass is 261 g/mol. The Balaban J connectivity index is 2.41. The number of carbonyl (C=O) groups is 1. The molecule has 0 aromatic carbocycles. The molecule has 1 rings (SSSR count). The molecule has 1 aromatic heterocycles. The van der Waals surface area contributed by atoms with E-state index in [9.17, 15) is 4.79 Å². The van der Waals surface area contributed by atoms with Crippen molar-refractivity contribution in [1.29, 1.82) is 0 Å². The van der Waals surface area contributed by atoms with Gasteiger partial charge >= 0.3 is 0 Å². The number of thiophene rings is 1. The Morgan fingerprint density at radius 3 is 3.00 bits per heavy atom. The first kappa shape index (κ1) is 10.7. The highest BCUT2D eigenvalue weighted by atomic mass is 79.9. The third kappa shape index (κ3) is 3.48. The van der Waals surface area contributed by atoms with Crippen LogP contribution in [0.3, 0.4) is 0 Å². The van der Waals surface area contributed by atoms with E-state index in [0.717, 1.165) is 16.8 Å². The Labute approximate surface area is 90.7 Å². The fourth-order valence-electron chi connectivity index (χ4n) is 0.949. The Morgan fingerprint density at radius 2 is 2.46 bits per heavy atom. The average Bonchev–Trinajstić information content (AvgIpc) is 2.57. The number of rotatable bonds is 4. The summed E-state index contributed by atoms with van der Waals surface area (Å²) in [4.78, 5) is 14.4. The highest BCUT2D eigenvalue weighted by Gasteiger charge is 2.08. The third-order valence-corrected chi connectivity index (χ3v) is 2.98. The van der Waals surface area contributed by atoms with Crippen LogP contribution in [0.1, 0.15) is 4.88 Å². The topological polar surface area (TPSA) is 20.3 Å². The van der Waals surface area contributed by atoms with Gasteiger partial charge in [-0.15, -0.1) is 11.3 Å². The van der Waals surface area contributed by atoms with Gasteiger partial charge in [-0.1, -0.05) is 22.0 Å². The lowest BCUT2D eigenvalue weighted by molar-refractivity contribution is -0.128. The quantitative estimate of drug-likeness (QED) is 0.761. The van der Waals surface area contributed by atoms with Crippen molar-refractivity contribution >= 4 is 33.2 Å². The number of hydrogen-bond acceptors (Lipinski definition) is 2. The first-order valence-electron chi connectivity index (χ1n) is 4.06. The van der Waals surface area contributed by atoms with E-state index in [1.807, 2.05) is 24.6 Å². The maximum atomic E-state index is 11.5. The normalized spacial score (nSPS) is 10.0. The van der Waals surface area contributed by atoms with Gasteiger partial charge in [0.05, 0.1) is 6.42 Å². The van der Waals surface area contributed by atoms with Gasteiger partial charge in [0, 0.05) is 23.8 Å². The third-order valence-electron chi connectivity index (χ3n) is 1.75. The van der Waals surface area contributed by atoms with Crippen LogP contribution in [-0.4, -0.2) is 29.7 Å². The zero-order valence-corrected chi connectivity index (χ0v) is 9.90. The molecule has 4 heteroatoms. The first-order chi connectivity index (χ1) is 6.24. The summed E-state index contributed by atoms with van der Waals surface area (Å²) >= 11 is 4.93. The van der Waals surface area contributed by atoms with Crippen molar-refractivity contribution in [2.45, 2.75) is 6.42 Å². The molecule has 2 nitrogen and oxygen atoms in total. The second kappa shape index (κ2) is 5.40. The maximum absolute atomic E-state index is 11.5. The van der Waals surface area contributed by atoms with Crippen LogP contribution in [0, 0.1) is 0 Å².